The number of primary amides is 1. The fraction of sp³-hybridized carbons (Fsp3) is 0.462. The van der Waals surface area contributed by atoms with Gasteiger partial charge in [0, 0.05) is 15.1 Å². The Balaban J connectivity index is 3.55. The summed E-state index contributed by atoms with van der Waals surface area (Å²) in [5, 5.41) is -0.0256. The van der Waals surface area contributed by atoms with Gasteiger partial charge in [0.1, 0.15) is 5.75 Å². The highest BCUT2D eigenvalue weighted by Crippen LogP contribution is 2.45. The molecule has 21 heavy (non-hydrogen) atoms. The lowest BCUT2D eigenvalue weighted by atomic mass is 9.75. The molecule has 0 aliphatic carbocycles. The average molecular weight is 389 g/mol. The molecule has 0 aliphatic rings. The third-order valence-corrected chi connectivity index (χ3v) is 3.49. The van der Waals surface area contributed by atoms with Crippen molar-refractivity contribution in [3.8, 4) is 5.75 Å². The number of amides is 1. The van der Waals surface area contributed by atoms with E-state index in [-0.39, 0.29) is 10.6 Å². The van der Waals surface area contributed by atoms with Gasteiger partial charge >= 0.3 is 6.36 Å². The summed E-state index contributed by atoms with van der Waals surface area (Å²) < 4.78 is 41.9. The standard InChI is InChI=1S/C13H14BrClF3NO2/c1-12(2,3)10(11(19)20)9-7(15)4-6(14)5-8(9)21-13(16,17)18/h4-5,10H,1-3H3,(H2,19,20). The molecular weight excluding hydrogens is 374 g/mol. The molecule has 0 saturated carbocycles. The molecule has 3 nitrogen and oxygen atoms in total. The van der Waals surface area contributed by atoms with Gasteiger partial charge in [-0.3, -0.25) is 4.79 Å². The highest BCUT2D eigenvalue weighted by molar-refractivity contribution is 9.10. The Kier molecular flexibility index (Phi) is 5.21. The molecule has 0 heterocycles. The van der Waals surface area contributed by atoms with Crippen molar-refractivity contribution in [2.24, 2.45) is 11.1 Å². The van der Waals surface area contributed by atoms with Crippen LogP contribution in [-0.4, -0.2) is 12.3 Å². The van der Waals surface area contributed by atoms with E-state index in [2.05, 4.69) is 20.7 Å². The summed E-state index contributed by atoms with van der Waals surface area (Å²) in [5.41, 5.74) is 4.55. The monoisotopic (exact) mass is 387 g/mol. The van der Waals surface area contributed by atoms with Gasteiger partial charge in [0.15, 0.2) is 0 Å². The minimum absolute atomic E-state index is 0.0256. The van der Waals surface area contributed by atoms with Gasteiger partial charge in [-0.25, -0.2) is 0 Å². The zero-order valence-electron chi connectivity index (χ0n) is 11.5. The Morgan fingerprint density at radius 1 is 1.33 bits per heavy atom. The summed E-state index contributed by atoms with van der Waals surface area (Å²) in [5.74, 6) is -2.35. The van der Waals surface area contributed by atoms with Crippen molar-refractivity contribution in [2.45, 2.75) is 33.1 Å². The number of alkyl halides is 3. The highest BCUT2D eigenvalue weighted by Gasteiger charge is 2.39. The molecule has 0 spiro atoms. The first-order chi connectivity index (χ1) is 9.33. The van der Waals surface area contributed by atoms with Gasteiger partial charge in [0.05, 0.1) is 5.92 Å². The zero-order valence-corrected chi connectivity index (χ0v) is 13.9. The average Bonchev–Trinajstić information content (AvgIpc) is 2.17. The summed E-state index contributed by atoms with van der Waals surface area (Å²) in [6.07, 6.45) is -4.90. The van der Waals surface area contributed by atoms with Crippen LogP contribution >= 0.6 is 27.5 Å². The van der Waals surface area contributed by atoms with Gasteiger partial charge < -0.3 is 10.5 Å². The highest BCUT2D eigenvalue weighted by atomic mass is 79.9. The van der Waals surface area contributed by atoms with E-state index in [9.17, 15) is 18.0 Å². The molecule has 0 fully saturated rings. The van der Waals surface area contributed by atoms with Gasteiger partial charge in [-0.2, -0.15) is 0 Å². The second-order valence-electron chi connectivity index (χ2n) is 5.55. The molecule has 1 unspecified atom stereocenters. The number of carbonyl (C=O) groups is 1. The molecule has 0 aromatic heterocycles. The number of halogens is 5. The Hall–Kier alpha value is -0.950. The molecule has 1 atom stereocenters. The lowest BCUT2D eigenvalue weighted by Crippen LogP contribution is -2.33. The van der Waals surface area contributed by atoms with Crippen molar-refractivity contribution in [1.82, 2.24) is 0 Å². The Labute approximate surface area is 133 Å². The third kappa shape index (κ3) is 4.78. The minimum atomic E-state index is -4.90. The number of hydrogen-bond acceptors (Lipinski definition) is 2. The van der Waals surface area contributed by atoms with E-state index >= 15 is 0 Å². The number of rotatable bonds is 3. The number of nitrogens with two attached hydrogens (primary N) is 1. The number of carbonyl (C=O) groups excluding carboxylic acids is 1. The van der Waals surface area contributed by atoms with Gasteiger partial charge in [-0.05, 0) is 17.5 Å². The van der Waals surface area contributed by atoms with Crippen LogP contribution < -0.4 is 10.5 Å². The molecule has 0 aliphatic heterocycles. The lowest BCUT2D eigenvalue weighted by Gasteiger charge is -2.30. The maximum Gasteiger partial charge on any atom is 0.573 e. The Morgan fingerprint density at radius 2 is 1.86 bits per heavy atom. The Bertz CT molecular complexity index is 556. The first-order valence-electron chi connectivity index (χ1n) is 5.87. The Morgan fingerprint density at radius 3 is 2.24 bits per heavy atom. The molecule has 1 amide bonds. The summed E-state index contributed by atoms with van der Waals surface area (Å²) in [6, 6.07) is 2.50. The third-order valence-electron chi connectivity index (χ3n) is 2.72. The maximum absolute atomic E-state index is 12.5. The largest absolute Gasteiger partial charge is 0.573 e. The van der Waals surface area contributed by atoms with Crippen LogP contribution in [0.15, 0.2) is 16.6 Å². The van der Waals surface area contributed by atoms with Gasteiger partial charge in [0.2, 0.25) is 5.91 Å². The molecule has 1 aromatic carbocycles. The molecule has 8 heteroatoms. The van der Waals surface area contributed by atoms with Crippen LogP contribution in [0.5, 0.6) is 5.75 Å². The van der Waals surface area contributed by atoms with Crippen molar-refractivity contribution in [3.05, 3.63) is 27.2 Å². The summed E-state index contributed by atoms with van der Waals surface area (Å²) in [7, 11) is 0. The zero-order chi connectivity index (χ0) is 16.6. The second-order valence-corrected chi connectivity index (χ2v) is 6.87. The second kappa shape index (κ2) is 6.04. The molecular formula is C13H14BrClF3NO2. The SMILES string of the molecule is CC(C)(C)C(C(N)=O)c1c(Cl)cc(Br)cc1OC(F)(F)F. The number of benzene rings is 1. The van der Waals surface area contributed by atoms with E-state index in [1.807, 2.05) is 0 Å². The van der Waals surface area contributed by atoms with Crippen molar-refractivity contribution >= 4 is 33.4 Å². The van der Waals surface area contributed by atoms with Crippen molar-refractivity contribution in [1.29, 1.82) is 0 Å². The van der Waals surface area contributed by atoms with Crippen LogP contribution in [0.1, 0.15) is 32.3 Å². The van der Waals surface area contributed by atoms with Crippen molar-refractivity contribution in [3.63, 3.8) is 0 Å². The minimum Gasteiger partial charge on any atom is -0.405 e. The predicted octanol–water partition coefficient (Wildman–Crippen LogP) is 4.62. The molecule has 2 N–H and O–H groups in total. The van der Waals surface area contributed by atoms with Gasteiger partial charge in [0.25, 0.3) is 0 Å². The molecule has 1 aromatic rings. The van der Waals surface area contributed by atoms with Crippen LogP contribution in [0.2, 0.25) is 5.02 Å². The van der Waals surface area contributed by atoms with E-state index in [1.54, 1.807) is 20.8 Å². The van der Waals surface area contributed by atoms with E-state index in [0.29, 0.717) is 4.47 Å². The fourth-order valence-corrected chi connectivity index (χ4v) is 2.94. The van der Waals surface area contributed by atoms with Crippen LogP contribution in [-0.2, 0) is 4.79 Å². The van der Waals surface area contributed by atoms with Gasteiger partial charge in [-0.15, -0.1) is 13.2 Å². The molecule has 1 rings (SSSR count). The van der Waals surface area contributed by atoms with E-state index in [4.69, 9.17) is 17.3 Å². The molecule has 0 bridgehead atoms. The topological polar surface area (TPSA) is 52.3 Å². The van der Waals surface area contributed by atoms with Crippen LogP contribution in [0.4, 0.5) is 13.2 Å². The summed E-state index contributed by atoms with van der Waals surface area (Å²) in [6.45, 7) is 5.04. The van der Waals surface area contributed by atoms with E-state index < -0.39 is 29.4 Å². The van der Waals surface area contributed by atoms with E-state index in [0.717, 1.165) is 6.07 Å². The first-order valence-corrected chi connectivity index (χ1v) is 7.04. The van der Waals surface area contributed by atoms with Crippen molar-refractivity contribution in [2.75, 3.05) is 0 Å². The van der Waals surface area contributed by atoms with Crippen molar-refractivity contribution < 1.29 is 22.7 Å². The summed E-state index contributed by atoms with van der Waals surface area (Å²) in [4.78, 5) is 11.7. The number of ether oxygens (including phenoxy) is 1. The van der Waals surface area contributed by atoms with Crippen LogP contribution in [0.3, 0.4) is 0 Å². The molecule has 118 valence electrons. The predicted molar refractivity (Wildman–Crippen MR) is 77.2 cm³/mol. The quantitative estimate of drug-likeness (QED) is 0.822. The molecule has 0 radical (unpaired) electrons. The maximum atomic E-state index is 12.5. The molecule has 0 saturated heterocycles. The fourth-order valence-electron chi connectivity index (χ4n) is 2.05. The normalized spacial score (nSPS) is 13.9. The van der Waals surface area contributed by atoms with Crippen LogP contribution in [0.25, 0.3) is 0 Å². The van der Waals surface area contributed by atoms with Gasteiger partial charge in [-0.1, -0.05) is 48.3 Å². The first kappa shape index (κ1) is 18.1. The number of hydrogen-bond donors (Lipinski definition) is 1. The smallest absolute Gasteiger partial charge is 0.405 e. The van der Waals surface area contributed by atoms with Crippen LogP contribution in [0, 0.1) is 5.41 Å². The lowest BCUT2D eigenvalue weighted by molar-refractivity contribution is -0.275. The van der Waals surface area contributed by atoms with E-state index in [1.165, 1.54) is 6.07 Å². The summed E-state index contributed by atoms with van der Waals surface area (Å²) >= 11 is 9.07.